The van der Waals surface area contributed by atoms with E-state index in [4.69, 9.17) is 9.47 Å². The number of amides is 1. The molecule has 1 aromatic heterocycles. The van der Waals surface area contributed by atoms with Crippen molar-refractivity contribution in [3.05, 3.63) is 60.7 Å². The largest absolute Gasteiger partial charge is 0.493 e. The SMILES string of the molecule is COc1ccc(NC(=O)C2CCN(c3cc(-c4cccc(F)c4)ncn3)CC2)cc1OC. The monoisotopic (exact) mass is 436 g/mol. The van der Waals surface area contributed by atoms with Crippen LogP contribution in [0.2, 0.25) is 0 Å². The first-order valence-corrected chi connectivity index (χ1v) is 10.4. The zero-order valence-electron chi connectivity index (χ0n) is 18.0. The van der Waals surface area contributed by atoms with Gasteiger partial charge in [-0.05, 0) is 37.1 Å². The standard InChI is InChI=1S/C24H25FN4O3/c1-31-21-7-6-19(13-22(21)32-2)28-24(30)16-8-10-29(11-9-16)23-14-20(26-15-27-23)17-4-3-5-18(25)12-17/h3-7,12-16H,8-11H2,1-2H3,(H,28,30). The van der Waals surface area contributed by atoms with E-state index in [0.29, 0.717) is 54.4 Å². The highest BCUT2D eigenvalue weighted by atomic mass is 19.1. The number of carbonyl (C=O) groups is 1. The van der Waals surface area contributed by atoms with Crippen molar-refractivity contribution in [2.45, 2.75) is 12.8 Å². The van der Waals surface area contributed by atoms with E-state index in [2.05, 4.69) is 20.2 Å². The zero-order valence-corrected chi connectivity index (χ0v) is 18.0. The maximum atomic E-state index is 13.6. The fourth-order valence-corrected chi connectivity index (χ4v) is 3.85. The molecule has 0 unspecified atom stereocenters. The average molecular weight is 436 g/mol. The summed E-state index contributed by atoms with van der Waals surface area (Å²) < 4.78 is 24.1. The summed E-state index contributed by atoms with van der Waals surface area (Å²) in [5.41, 5.74) is 2.05. The zero-order chi connectivity index (χ0) is 22.5. The second-order valence-corrected chi connectivity index (χ2v) is 7.59. The Morgan fingerprint density at radius 1 is 1.03 bits per heavy atom. The summed E-state index contributed by atoms with van der Waals surface area (Å²) in [7, 11) is 3.13. The predicted octanol–water partition coefficient (Wildman–Crippen LogP) is 4.16. The number of nitrogens with one attached hydrogen (secondary N) is 1. The fraction of sp³-hybridized carbons (Fsp3) is 0.292. The number of aromatic nitrogens is 2. The van der Waals surface area contributed by atoms with Crippen LogP contribution in [0.1, 0.15) is 12.8 Å². The Hall–Kier alpha value is -3.68. The molecule has 1 N–H and O–H groups in total. The van der Waals surface area contributed by atoms with Crippen molar-refractivity contribution in [2.24, 2.45) is 5.92 Å². The molecule has 1 aliphatic heterocycles. The number of nitrogens with zero attached hydrogens (tertiary/aromatic N) is 3. The van der Waals surface area contributed by atoms with E-state index in [-0.39, 0.29) is 17.6 Å². The van der Waals surface area contributed by atoms with Crippen LogP contribution in [-0.4, -0.2) is 43.2 Å². The molecule has 1 fully saturated rings. The van der Waals surface area contributed by atoms with Crippen LogP contribution < -0.4 is 19.7 Å². The Balaban J connectivity index is 1.38. The third-order valence-corrected chi connectivity index (χ3v) is 5.61. The van der Waals surface area contributed by atoms with E-state index in [1.165, 1.54) is 18.5 Å². The van der Waals surface area contributed by atoms with E-state index < -0.39 is 0 Å². The number of hydrogen-bond donors (Lipinski definition) is 1. The van der Waals surface area contributed by atoms with Crippen molar-refractivity contribution < 1.29 is 18.7 Å². The van der Waals surface area contributed by atoms with Crippen molar-refractivity contribution in [1.29, 1.82) is 0 Å². The van der Waals surface area contributed by atoms with Gasteiger partial charge in [-0.25, -0.2) is 14.4 Å². The van der Waals surface area contributed by atoms with Gasteiger partial charge >= 0.3 is 0 Å². The Morgan fingerprint density at radius 3 is 2.53 bits per heavy atom. The minimum absolute atomic E-state index is 0.0139. The van der Waals surface area contributed by atoms with Gasteiger partial charge in [-0.1, -0.05) is 12.1 Å². The van der Waals surface area contributed by atoms with E-state index in [0.717, 1.165) is 5.82 Å². The second-order valence-electron chi connectivity index (χ2n) is 7.59. The van der Waals surface area contributed by atoms with Gasteiger partial charge in [0.15, 0.2) is 11.5 Å². The molecule has 32 heavy (non-hydrogen) atoms. The molecule has 2 heterocycles. The molecule has 166 valence electrons. The van der Waals surface area contributed by atoms with Gasteiger partial charge in [0.2, 0.25) is 5.91 Å². The average Bonchev–Trinajstić information content (AvgIpc) is 2.84. The highest BCUT2D eigenvalue weighted by molar-refractivity contribution is 5.93. The van der Waals surface area contributed by atoms with Crippen LogP contribution in [0.25, 0.3) is 11.3 Å². The number of halogens is 1. The predicted molar refractivity (Wildman–Crippen MR) is 121 cm³/mol. The number of rotatable bonds is 6. The molecule has 1 amide bonds. The van der Waals surface area contributed by atoms with Crippen molar-refractivity contribution in [3.8, 4) is 22.8 Å². The minimum Gasteiger partial charge on any atom is -0.493 e. The molecule has 1 saturated heterocycles. The molecular formula is C24H25FN4O3. The van der Waals surface area contributed by atoms with E-state index >= 15 is 0 Å². The molecule has 0 aliphatic carbocycles. The van der Waals surface area contributed by atoms with Crippen LogP contribution in [0.4, 0.5) is 15.9 Å². The molecule has 2 aromatic carbocycles. The van der Waals surface area contributed by atoms with Crippen molar-refractivity contribution in [1.82, 2.24) is 9.97 Å². The topological polar surface area (TPSA) is 76.6 Å². The van der Waals surface area contributed by atoms with E-state index in [1.807, 2.05) is 12.1 Å². The maximum absolute atomic E-state index is 13.6. The summed E-state index contributed by atoms with van der Waals surface area (Å²) in [6.07, 6.45) is 2.91. The molecule has 0 bridgehead atoms. The van der Waals surface area contributed by atoms with Crippen LogP contribution in [-0.2, 0) is 4.79 Å². The van der Waals surface area contributed by atoms with Gasteiger partial charge in [0.1, 0.15) is 18.0 Å². The van der Waals surface area contributed by atoms with Crippen LogP contribution in [0, 0.1) is 11.7 Å². The summed E-state index contributed by atoms with van der Waals surface area (Å²) in [4.78, 5) is 23.6. The summed E-state index contributed by atoms with van der Waals surface area (Å²) in [6.45, 7) is 1.40. The third kappa shape index (κ3) is 4.80. The molecule has 4 rings (SSSR count). The minimum atomic E-state index is -0.302. The lowest BCUT2D eigenvalue weighted by Crippen LogP contribution is -2.38. The van der Waals surface area contributed by atoms with Crippen LogP contribution in [0.15, 0.2) is 54.9 Å². The molecule has 7 nitrogen and oxygen atoms in total. The lowest BCUT2D eigenvalue weighted by Gasteiger charge is -2.32. The number of benzene rings is 2. The number of piperidine rings is 1. The molecule has 0 radical (unpaired) electrons. The molecular weight excluding hydrogens is 411 g/mol. The Bertz CT molecular complexity index is 1100. The first-order valence-electron chi connectivity index (χ1n) is 10.4. The van der Waals surface area contributed by atoms with Gasteiger partial charge in [-0.15, -0.1) is 0 Å². The highest BCUT2D eigenvalue weighted by Crippen LogP contribution is 2.31. The molecule has 0 saturated carbocycles. The van der Waals surface area contributed by atoms with Crippen molar-refractivity contribution in [3.63, 3.8) is 0 Å². The first kappa shape index (κ1) is 21.5. The van der Waals surface area contributed by atoms with Gasteiger partial charge < -0.3 is 19.7 Å². The molecule has 0 atom stereocenters. The Morgan fingerprint density at radius 2 is 1.81 bits per heavy atom. The van der Waals surface area contributed by atoms with Crippen LogP contribution >= 0.6 is 0 Å². The van der Waals surface area contributed by atoms with Gasteiger partial charge in [-0.3, -0.25) is 4.79 Å². The molecule has 0 spiro atoms. The van der Waals surface area contributed by atoms with Crippen LogP contribution in [0.5, 0.6) is 11.5 Å². The molecule has 1 aliphatic rings. The van der Waals surface area contributed by atoms with Gasteiger partial charge in [0.25, 0.3) is 0 Å². The summed E-state index contributed by atoms with van der Waals surface area (Å²) in [5, 5.41) is 2.97. The number of anilines is 2. The lowest BCUT2D eigenvalue weighted by atomic mass is 9.95. The third-order valence-electron chi connectivity index (χ3n) is 5.61. The Kier molecular flexibility index (Phi) is 6.49. The second kappa shape index (κ2) is 9.64. The number of methoxy groups -OCH3 is 2. The van der Waals surface area contributed by atoms with Gasteiger partial charge in [-0.2, -0.15) is 0 Å². The normalized spacial score (nSPS) is 14.2. The maximum Gasteiger partial charge on any atom is 0.227 e. The van der Waals surface area contributed by atoms with Crippen molar-refractivity contribution >= 4 is 17.4 Å². The van der Waals surface area contributed by atoms with Crippen molar-refractivity contribution in [2.75, 3.05) is 37.5 Å². The molecule has 8 heteroatoms. The lowest BCUT2D eigenvalue weighted by molar-refractivity contribution is -0.120. The van der Waals surface area contributed by atoms with E-state index in [9.17, 15) is 9.18 Å². The number of ether oxygens (including phenoxy) is 2. The first-order chi connectivity index (χ1) is 15.6. The molecule has 3 aromatic rings. The summed E-state index contributed by atoms with van der Waals surface area (Å²) in [6, 6.07) is 13.5. The van der Waals surface area contributed by atoms with Gasteiger partial charge in [0, 0.05) is 42.4 Å². The Labute approximate surface area is 186 Å². The summed E-state index contributed by atoms with van der Waals surface area (Å²) in [5.74, 6) is 1.55. The highest BCUT2D eigenvalue weighted by Gasteiger charge is 2.26. The van der Waals surface area contributed by atoms with Crippen LogP contribution in [0.3, 0.4) is 0 Å². The number of hydrogen-bond acceptors (Lipinski definition) is 6. The van der Waals surface area contributed by atoms with E-state index in [1.54, 1.807) is 38.5 Å². The summed E-state index contributed by atoms with van der Waals surface area (Å²) >= 11 is 0. The quantitative estimate of drug-likeness (QED) is 0.626. The van der Waals surface area contributed by atoms with Gasteiger partial charge in [0.05, 0.1) is 19.9 Å². The fourth-order valence-electron chi connectivity index (χ4n) is 3.85. The number of carbonyl (C=O) groups excluding carboxylic acids is 1. The smallest absolute Gasteiger partial charge is 0.227 e.